The van der Waals surface area contributed by atoms with E-state index in [2.05, 4.69) is 10.1 Å². The number of aromatic nitrogens is 2. The van der Waals surface area contributed by atoms with Crippen molar-refractivity contribution in [2.24, 2.45) is 0 Å². The molecule has 102 valence electrons. The lowest BCUT2D eigenvalue weighted by molar-refractivity contribution is -0.145. The molecule has 0 saturated carbocycles. The zero-order chi connectivity index (χ0) is 13.5. The van der Waals surface area contributed by atoms with Crippen molar-refractivity contribution < 1.29 is 14.1 Å². The molecular formula is C12H21N3O3. The van der Waals surface area contributed by atoms with Gasteiger partial charge in [-0.15, -0.1) is 0 Å². The Morgan fingerprint density at radius 2 is 2.17 bits per heavy atom. The minimum atomic E-state index is -0.453. The van der Waals surface area contributed by atoms with Gasteiger partial charge in [0.1, 0.15) is 5.92 Å². The van der Waals surface area contributed by atoms with Crippen molar-refractivity contribution in [1.29, 1.82) is 0 Å². The van der Waals surface area contributed by atoms with Gasteiger partial charge in [0, 0.05) is 13.0 Å². The van der Waals surface area contributed by atoms with E-state index < -0.39 is 5.92 Å². The number of rotatable bonds is 7. The van der Waals surface area contributed by atoms with E-state index in [1.54, 1.807) is 6.92 Å². The molecule has 1 unspecified atom stereocenters. The Hall–Kier alpha value is -1.43. The summed E-state index contributed by atoms with van der Waals surface area (Å²) >= 11 is 0. The fraction of sp³-hybridized carbons (Fsp3) is 0.750. The molecule has 0 N–H and O–H groups in total. The Bertz CT molecular complexity index is 376. The van der Waals surface area contributed by atoms with Crippen molar-refractivity contribution in [3.63, 3.8) is 0 Å². The molecule has 1 aromatic heterocycles. The molecule has 18 heavy (non-hydrogen) atoms. The third kappa shape index (κ3) is 4.10. The summed E-state index contributed by atoms with van der Waals surface area (Å²) in [5.74, 6) is 0.222. The van der Waals surface area contributed by atoms with Crippen LogP contribution in [0.5, 0.6) is 0 Å². The Kier molecular flexibility index (Phi) is 5.77. The lowest BCUT2D eigenvalue weighted by Gasteiger charge is -2.08. The lowest BCUT2D eigenvalue weighted by atomic mass is 10.1. The molecule has 1 rings (SSSR count). The van der Waals surface area contributed by atoms with Crippen LogP contribution in [0.3, 0.4) is 0 Å². The molecule has 1 aromatic rings. The summed E-state index contributed by atoms with van der Waals surface area (Å²) in [4.78, 5) is 18.0. The average molecular weight is 255 g/mol. The molecule has 0 amide bonds. The fourth-order valence-corrected chi connectivity index (χ4v) is 1.52. The van der Waals surface area contributed by atoms with Crippen LogP contribution in [-0.4, -0.2) is 48.3 Å². The van der Waals surface area contributed by atoms with E-state index in [4.69, 9.17) is 9.26 Å². The zero-order valence-corrected chi connectivity index (χ0v) is 11.5. The van der Waals surface area contributed by atoms with Crippen LogP contribution in [0.15, 0.2) is 4.52 Å². The van der Waals surface area contributed by atoms with Crippen LogP contribution in [-0.2, 0) is 16.0 Å². The van der Waals surface area contributed by atoms with Gasteiger partial charge in [-0.3, -0.25) is 4.79 Å². The normalized spacial score (nSPS) is 12.7. The predicted octanol–water partition coefficient (Wildman–Crippen LogP) is 1.23. The van der Waals surface area contributed by atoms with Crippen molar-refractivity contribution in [2.75, 3.05) is 27.2 Å². The molecule has 0 saturated heterocycles. The summed E-state index contributed by atoms with van der Waals surface area (Å²) in [5.41, 5.74) is 0. The van der Waals surface area contributed by atoms with Gasteiger partial charge in [-0.1, -0.05) is 12.1 Å². The molecule has 1 atom stereocenters. The smallest absolute Gasteiger partial charge is 0.318 e. The van der Waals surface area contributed by atoms with Crippen LogP contribution in [0.4, 0.5) is 0 Å². The van der Waals surface area contributed by atoms with E-state index in [1.165, 1.54) is 0 Å². The van der Waals surface area contributed by atoms with E-state index >= 15 is 0 Å². The topological polar surface area (TPSA) is 68.5 Å². The van der Waals surface area contributed by atoms with Gasteiger partial charge in [0.2, 0.25) is 5.89 Å². The molecule has 6 heteroatoms. The maximum atomic E-state index is 11.7. The maximum absolute atomic E-state index is 11.7. The lowest BCUT2D eigenvalue weighted by Crippen LogP contribution is -2.17. The number of carbonyl (C=O) groups is 1. The second-order valence-electron chi connectivity index (χ2n) is 4.32. The van der Waals surface area contributed by atoms with Gasteiger partial charge >= 0.3 is 5.97 Å². The Balaban J connectivity index is 2.67. The fourth-order valence-electron chi connectivity index (χ4n) is 1.52. The first-order chi connectivity index (χ1) is 8.58. The molecule has 1 heterocycles. The first-order valence-corrected chi connectivity index (χ1v) is 6.22. The van der Waals surface area contributed by atoms with Gasteiger partial charge in [0.25, 0.3) is 0 Å². The quantitative estimate of drug-likeness (QED) is 0.683. The molecule has 6 nitrogen and oxygen atoms in total. The zero-order valence-electron chi connectivity index (χ0n) is 11.5. The number of hydrogen-bond donors (Lipinski definition) is 0. The summed E-state index contributed by atoms with van der Waals surface area (Å²) in [6.07, 6.45) is 1.30. The van der Waals surface area contributed by atoms with E-state index in [9.17, 15) is 4.79 Å². The molecule has 0 aliphatic rings. The summed E-state index contributed by atoms with van der Waals surface area (Å²) < 4.78 is 10.1. The average Bonchev–Trinajstić information content (AvgIpc) is 2.76. The van der Waals surface area contributed by atoms with Crippen LogP contribution in [0.1, 0.15) is 37.9 Å². The van der Waals surface area contributed by atoms with Gasteiger partial charge in [-0.05, 0) is 27.4 Å². The van der Waals surface area contributed by atoms with Gasteiger partial charge in [-0.25, -0.2) is 0 Å². The third-order valence-corrected chi connectivity index (χ3v) is 2.54. The van der Waals surface area contributed by atoms with Crippen molar-refractivity contribution in [2.45, 2.75) is 32.6 Å². The maximum Gasteiger partial charge on any atom is 0.318 e. The SMILES string of the molecule is CCOC(=O)C(CC)c1nc(CCN(C)C)no1. The van der Waals surface area contributed by atoms with Crippen molar-refractivity contribution >= 4 is 5.97 Å². The number of esters is 1. The molecule has 0 fully saturated rings. The van der Waals surface area contributed by atoms with Crippen molar-refractivity contribution in [1.82, 2.24) is 15.0 Å². The number of carbonyl (C=O) groups excluding carboxylic acids is 1. The van der Waals surface area contributed by atoms with Gasteiger partial charge in [0.05, 0.1) is 6.61 Å². The van der Waals surface area contributed by atoms with Crippen LogP contribution < -0.4 is 0 Å². The third-order valence-electron chi connectivity index (χ3n) is 2.54. The molecule has 0 aliphatic carbocycles. The molecule has 0 aromatic carbocycles. The molecule has 0 aliphatic heterocycles. The predicted molar refractivity (Wildman–Crippen MR) is 66.2 cm³/mol. The standard InChI is InChI=1S/C12H21N3O3/c1-5-9(12(16)17-6-2)11-13-10(14-18-11)7-8-15(3)4/h9H,5-8H2,1-4H3. The summed E-state index contributed by atoms with van der Waals surface area (Å²) in [7, 11) is 3.96. The van der Waals surface area contributed by atoms with Crippen LogP contribution in [0.2, 0.25) is 0 Å². The minimum Gasteiger partial charge on any atom is -0.465 e. The Morgan fingerprint density at radius 1 is 1.44 bits per heavy atom. The van der Waals surface area contributed by atoms with Gasteiger partial charge < -0.3 is 14.2 Å². The highest BCUT2D eigenvalue weighted by atomic mass is 16.5. The highest BCUT2D eigenvalue weighted by Crippen LogP contribution is 2.19. The highest BCUT2D eigenvalue weighted by molar-refractivity contribution is 5.76. The van der Waals surface area contributed by atoms with Crippen molar-refractivity contribution in [3.8, 4) is 0 Å². The summed E-state index contributed by atoms with van der Waals surface area (Å²) in [5, 5.41) is 3.88. The monoisotopic (exact) mass is 255 g/mol. The minimum absolute atomic E-state index is 0.303. The van der Waals surface area contributed by atoms with E-state index in [1.807, 2.05) is 25.9 Å². The number of nitrogens with zero attached hydrogens (tertiary/aromatic N) is 3. The number of likely N-dealkylation sites (N-methyl/N-ethyl adjacent to an activating group) is 1. The number of ether oxygens (including phenoxy) is 1. The summed E-state index contributed by atoms with van der Waals surface area (Å²) in [6, 6.07) is 0. The van der Waals surface area contributed by atoms with E-state index in [0.717, 1.165) is 6.54 Å². The molecular weight excluding hydrogens is 234 g/mol. The van der Waals surface area contributed by atoms with Crippen LogP contribution in [0.25, 0.3) is 0 Å². The first-order valence-electron chi connectivity index (χ1n) is 6.22. The van der Waals surface area contributed by atoms with Crippen LogP contribution in [0, 0.1) is 0 Å². The first kappa shape index (κ1) is 14.6. The molecule has 0 radical (unpaired) electrons. The van der Waals surface area contributed by atoms with E-state index in [-0.39, 0.29) is 5.97 Å². The second-order valence-corrected chi connectivity index (χ2v) is 4.32. The van der Waals surface area contributed by atoms with E-state index in [0.29, 0.717) is 31.2 Å². The van der Waals surface area contributed by atoms with Crippen LogP contribution >= 0.6 is 0 Å². The van der Waals surface area contributed by atoms with Gasteiger partial charge in [-0.2, -0.15) is 4.98 Å². The van der Waals surface area contributed by atoms with Gasteiger partial charge in [0.15, 0.2) is 5.82 Å². The number of hydrogen-bond acceptors (Lipinski definition) is 6. The summed E-state index contributed by atoms with van der Waals surface area (Å²) in [6.45, 7) is 4.87. The van der Waals surface area contributed by atoms with Crippen molar-refractivity contribution in [3.05, 3.63) is 11.7 Å². The Labute approximate surface area is 107 Å². The largest absolute Gasteiger partial charge is 0.465 e. The second kappa shape index (κ2) is 7.10. The molecule has 0 bridgehead atoms. The highest BCUT2D eigenvalue weighted by Gasteiger charge is 2.26. The Morgan fingerprint density at radius 3 is 2.72 bits per heavy atom. The molecule has 0 spiro atoms.